The normalized spacial score (nSPS) is 10.8. The van der Waals surface area contributed by atoms with E-state index in [1.165, 1.54) is 24.0 Å². The maximum atomic E-state index is 12.7. The van der Waals surface area contributed by atoms with Gasteiger partial charge in [-0.2, -0.15) is 16.3 Å². The van der Waals surface area contributed by atoms with E-state index in [1.54, 1.807) is 23.5 Å². The van der Waals surface area contributed by atoms with Gasteiger partial charge in [0.25, 0.3) is 5.91 Å². The lowest BCUT2D eigenvalue weighted by atomic mass is 10.2. The molecule has 3 aromatic heterocycles. The van der Waals surface area contributed by atoms with Gasteiger partial charge in [0.1, 0.15) is 0 Å². The molecule has 0 saturated carbocycles. The van der Waals surface area contributed by atoms with E-state index in [-0.39, 0.29) is 5.91 Å². The number of thiazole rings is 1. The molecule has 0 aliphatic heterocycles. The first-order valence-corrected chi connectivity index (χ1v) is 10.3. The Morgan fingerprint density at radius 2 is 2.00 bits per heavy atom. The van der Waals surface area contributed by atoms with Crippen molar-refractivity contribution in [3.63, 3.8) is 0 Å². The number of pyridine rings is 1. The van der Waals surface area contributed by atoms with Gasteiger partial charge in [-0.3, -0.25) is 10.1 Å². The number of carbonyl (C=O) groups is 1. The molecule has 0 spiro atoms. The number of aromatic nitrogens is 2. The third kappa shape index (κ3) is 4.29. The molecule has 0 atom stereocenters. The number of hydrogen-bond acceptors (Lipinski definition) is 7. The van der Waals surface area contributed by atoms with E-state index in [2.05, 4.69) is 26.7 Å². The fourth-order valence-corrected chi connectivity index (χ4v) is 4.16. The van der Waals surface area contributed by atoms with Crippen LogP contribution in [0.15, 0.2) is 53.2 Å². The SMILES string of the molecule is COc1cc(C(=O)Nc2nc3ccccc3s2)cc(OCCc2ccsc2)n1. The number of carbonyl (C=O) groups excluding carboxylic acids is 1. The van der Waals surface area contributed by atoms with Crippen LogP contribution in [0.3, 0.4) is 0 Å². The Labute approximate surface area is 169 Å². The number of benzene rings is 1. The molecule has 0 aliphatic rings. The molecule has 6 nitrogen and oxygen atoms in total. The number of rotatable bonds is 7. The van der Waals surface area contributed by atoms with Crippen LogP contribution in [0.25, 0.3) is 10.2 Å². The summed E-state index contributed by atoms with van der Waals surface area (Å²) in [5, 5.41) is 7.49. The summed E-state index contributed by atoms with van der Waals surface area (Å²) < 4.78 is 12.0. The lowest BCUT2D eigenvalue weighted by molar-refractivity contribution is 0.102. The van der Waals surface area contributed by atoms with E-state index in [0.29, 0.717) is 29.1 Å². The Bertz CT molecular complexity index is 1060. The van der Waals surface area contributed by atoms with Gasteiger partial charge >= 0.3 is 0 Å². The summed E-state index contributed by atoms with van der Waals surface area (Å²) in [5.74, 6) is 0.383. The van der Waals surface area contributed by atoms with Gasteiger partial charge < -0.3 is 9.47 Å². The van der Waals surface area contributed by atoms with Gasteiger partial charge in [0, 0.05) is 18.6 Å². The first-order valence-electron chi connectivity index (χ1n) is 8.58. The average Bonchev–Trinajstić information content (AvgIpc) is 3.36. The molecule has 0 fully saturated rings. The molecule has 0 bridgehead atoms. The van der Waals surface area contributed by atoms with Crippen molar-refractivity contribution in [2.45, 2.75) is 6.42 Å². The fourth-order valence-electron chi connectivity index (χ4n) is 2.59. The highest BCUT2D eigenvalue weighted by atomic mass is 32.1. The van der Waals surface area contributed by atoms with Gasteiger partial charge in [0.05, 0.1) is 29.5 Å². The summed E-state index contributed by atoms with van der Waals surface area (Å²) in [7, 11) is 1.51. The van der Waals surface area contributed by atoms with Crippen LogP contribution in [0.4, 0.5) is 5.13 Å². The number of nitrogens with zero attached hydrogens (tertiary/aromatic N) is 2. The zero-order valence-electron chi connectivity index (χ0n) is 15.0. The lowest BCUT2D eigenvalue weighted by Crippen LogP contribution is -2.13. The van der Waals surface area contributed by atoms with E-state index in [4.69, 9.17) is 9.47 Å². The average molecular weight is 412 g/mol. The van der Waals surface area contributed by atoms with Crippen LogP contribution in [-0.4, -0.2) is 29.6 Å². The highest BCUT2D eigenvalue weighted by Gasteiger charge is 2.14. The van der Waals surface area contributed by atoms with Crippen LogP contribution in [0.5, 0.6) is 11.8 Å². The van der Waals surface area contributed by atoms with E-state index in [0.717, 1.165) is 16.6 Å². The third-order valence-corrected chi connectivity index (χ3v) is 5.67. The molecule has 0 saturated heterocycles. The number of amides is 1. The summed E-state index contributed by atoms with van der Waals surface area (Å²) in [5.41, 5.74) is 2.46. The van der Waals surface area contributed by atoms with Crippen LogP contribution in [0, 0.1) is 0 Å². The largest absolute Gasteiger partial charge is 0.481 e. The first kappa shape index (κ1) is 18.4. The highest BCUT2D eigenvalue weighted by Crippen LogP contribution is 2.26. The van der Waals surface area contributed by atoms with Gasteiger partial charge in [0.2, 0.25) is 11.8 Å². The van der Waals surface area contributed by atoms with Crippen LogP contribution < -0.4 is 14.8 Å². The quantitative estimate of drug-likeness (QED) is 0.480. The molecule has 28 heavy (non-hydrogen) atoms. The van der Waals surface area contributed by atoms with Crippen molar-refractivity contribution < 1.29 is 14.3 Å². The fraction of sp³-hybridized carbons (Fsp3) is 0.150. The molecule has 1 N–H and O–H groups in total. The Balaban J connectivity index is 1.48. The Kier molecular flexibility index (Phi) is 5.50. The number of anilines is 1. The minimum absolute atomic E-state index is 0.289. The lowest BCUT2D eigenvalue weighted by Gasteiger charge is -2.09. The minimum Gasteiger partial charge on any atom is -0.481 e. The van der Waals surface area contributed by atoms with Crippen molar-refractivity contribution in [3.8, 4) is 11.8 Å². The van der Waals surface area contributed by atoms with E-state index >= 15 is 0 Å². The molecule has 4 aromatic rings. The smallest absolute Gasteiger partial charge is 0.257 e. The maximum absolute atomic E-state index is 12.7. The Morgan fingerprint density at radius 1 is 1.14 bits per heavy atom. The molecular weight excluding hydrogens is 394 g/mol. The zero-order valence-corrected chi connectivity index (χ0v) is 16.7. The number of hydrogen-bond donors (Lipinski definition) is 1. The van der Waals surface area contributed by atoms with Crippen molar-refractivity contribution in [1.29, 1.82) is 0 Å². The van der Waals surface area contributed by atoms with Gasteiger partial charge in [-0.15, -0.1) is 0 Å². The summed E-state index contributed by atoms with van der Waals surface area (Å²) in [6, 6.07) is 13.0. The molecule has 4 rings (SSSR count). The number of ether oxygens (including phenoxy) is 2. The van der Waals surface area contributed by atoms with Gasteiger partial charge in [-0.1, -0.05) is 23.5 Å². The van der Waals surface area contributed by atoms with Crippen LogP contribution in [0.2, 0.25) is 0 Å². The molecule has 1 amide bonds. The van der Waals surface area contributed by atoms with Gasteiger partial charge in [0.15, 0.2) is 5.13 Å². The highest BCUT2D eigenvalue weighted by molar-refractivity contribution is 7.22. The number of fused-ring (bicyclic) bond motifs is 1. The summed E-state index contributed by atoms with van der Waals surface area (Å²) in [4.78, 5) is 21.4. The van der Waals surface area contributed by atoms with Crippen molar-refractivity contribution >= 4 is 43.9 Å². The van der Waals surface area contributed by atoms with Crippen molar-refractivity contribution in [2.24, 2.45) is 0 Å². The van der Waals surface area contributed by atoms with Gasteiger partial charge in [-0.25, -0.2) is 4.98 Å². The number of para-hydroxylation sites is 1. The maximum Gasteiger partial charge on any atom is 0.257 e. The van der Waals surface area contributed by atoms with Crippen molar-refractivity contribution in [1.82, 2.24) is 9.97 Å². The molecule has 142 valence electrons. The standard InChI is InChI=1S/C20H17N3O3S2/c1-25-17-10-14(11-18(22-17)26-8-6-13-7-9-27-12-13)19(24)23-20-21-15-4-2-3-5-16(15)28-20/h2-5,7,9-12H,6,8H2,1H3,(H,21,23,24). The second-order valence-electron chi connectivity index (χ2n) is 5.91. The number of thiophene rings is 1. The second kappa shape index (κ2) is 8.37. The predicted octanol–water partition coefficient (Wildman–Crippen LogP) is 4.64. The second-order valence-corrected chi connectivity index (χ2v) is 7.72. The molecular formula is C20H17N3O3S2. The number of methoxy groups -OCH3 is 1. The Hall–Kier alpha value is -2.97. The summed E-state index contributed by atoms with van der Waals surface area (Å²) in [6.07, 6.45) is 0.773. The monoisotopic (exact) mass is 411 g/mol. The molecule has 0 aliphatic carbocycles. The Morgan fingerprint density at radius 3 is 2.79 bits per heavy atom. The first-order chi connectivity index (χ1) is 13.7. The van der Waals surface area contributed by atoms with Crippen molar-refractivity contribution in [3.05, 3.63) is 64.4 Å². The molecule has 1 aromatic carbocycles. The zero-order chi connectivity index (χ0) is 19.3. The van der Waals surface area contributed by atoms with Crippen LogP contribution in [0.1, 0.15) is 15.9 Å². The van der Waals surface area contributed by atoms with Gasteiger partial charge in [-0.05, 0) is 34.5 Å². The number of nitrogens with one attached hydrogen (secondary N) is 1. The van der Waals surface area contributed by atoms with E-state index in [9.17, 15) is 4.79 Å². The summed E-state index contributed by atoms with van der Waals surface area (Å²) >= 11 is 3.08. The van der Waals surface area contributed by atoms with Crippen LogP contribution >= 0.6 is 22.7 Å². The molecule has 8 heteroatoms. The van der Waals surface area contributed by atoms with E-state index in [1.807, 2.05) is 29.6 Å². The molecule has 0 radical (unpaired) electrons. The summed E-state index contributed by atoms with van der Waals surface area (Å²) in [6.45, 7) is 0.468. The predicted molar refractivity (Wildman–Crippen MR) is 112 cm³/mol. The minimum atomic E-state index is -0.289. The van der Waals surface area contributed by atoms with Crippen molar-refractivity contribution in [2.75, 3.05) is 19.0 Å². The van der Waals surface area contributed by atoms with Crippen LogP contribution in [-0.2, 0) is 6.42 Å². The topological polar surface area (TPSA) is 73.3 Å². The molecule has 3 heterocycles. The van der Waals surface area contributed by atoms with E-state index < -0.39 is 0 Å². The third-order valence-electron chi connectivity index (χ3n) is 3.98. The molecule has 0 unspecified atom stereocenters.